The van der Waals surface area contributed by atoms with Gasteiger partial charge in [-0.15, -0.1) is 0 Å². The Labute approximate surface area is 222 Å². The Balaban J connectivity index is 1.38. The van der Waals surface area contributed by atoms with E-state index in [1.807, 2.05) is 0 Å². The lowest BCUT2D eigenvalue weighted by Gasteiger charge is -2.24. The second kappa shape index (κ2) is 10.1. The van der Waals surface area contributed by atoms with E-state index in [9.17, 15) is 28.8 Å². The highest BCUT2D eigenvalue weighted by Crippen LogP contribution is 2.51. The van der Waals surface area contributed by atoms with Gasteiger partial charge in [0.05, 0.1) is 25.7 Å². The molecule has 4 N–H and O–H groups in total. The monoisotopic (exact) mass is 600 g/mol. The number of nitrogens with one attached hydrogen (secondary N) is 1. The van der Waals surface area contributed by atoms with Gasteiger partial charge >= 0.3 is 15.6 Å². The molecule has 6 atom stereocenters. The number of aryl methyl sites for hydroxylation is 1. The van der Waals surface area contributed by atoms with Crippen LogP contribution in [0.3, 0.4) is 0 Å². The van der Waals surface area contributed by atoms with Crippen molar-refractivity contribution in [1.82, 2.24) is 39.0 Å². The minimum Gasteiger partial charge on any atom is -0.387 e. The Bertz CT molecular complexity index is 1740. The zero-order chi connectivity index (χ0) is 28.2. The summed E-state index contributed by atoms with van der Waals surface area (Å²) in [4.78, 5) is 56.2. The van der Waals surface area contributed by atoms with Gasteiger partial charge in [0.1, 0.15) is 48.4 Å². The molecule has 1 fully saturated rings. The Kier molecular flexibility index (Phi) is 6.90. The maximum atomic E-state index is 13.1. The van der Waals surface area contributed by atoms with Crippen molar-refractivity contribution in [2.24, 2.45) is 0 Å². The van der Waals surface area contributed by atoms with Gasteiger partial charge < -0.3 is 29.2 Å². The quantitative estimate of drug-likeness (QED) is 0.204. The van der Waals surface area contributed by atoms with E-state index >= 15 is 0 Å². The van der Waals surface area contributed by atoms with Crippen molar-refractivity contribution < 1.29 is 46.9 Å². The molecule has 0 amide bonds. The van der Waals surface area contributed by atoms with Crippen LogP contribution in [-0.2, 0) is 45.1 Å². The molecular weight excluding hydrogens is 578 g/mol. The van der Waals surface area contributed by atoms with Gasteiger partial charge in [0, 0.05) is 6.54 Å². The van der Waals surface area contributed by atoms with Crippen LogP contribution in [0, 0.1) is 6.92 Å². The Hall–Kier alpha value is -2.96. The lowest BCUT2D eigenvalue weighted by atomic mass is 10.1. The van der Waals surface area contributed by atoms with Gasteiger partial charge in [-0.05, 0) is 6.92 Å². The fraction of sp³-hybridized carbons (Fsp3) is 0.474. The average Bonchev–Trinajstić information content (AvgIpc) is 3.55. The molecule has 1 saturated heterocycles. The van der Waals surface area contributed by atoms with Gasteiger partial charge in [-0.3, -0.25) is 27.5 Å². The highest BCUT2D eigenvalue weighted by Gasteiger charge is 2.50. The first-order valence-corrected chi connectivity index (χ1v) is 14.7. The summed E-state index contributed by atoms with van der Waals surface area (Å²) in [6.45, 7) is -0.0926. The van der Waals surface area contributed by atoms with Crippen LogP contribution in [0.5, 0.6) is 0 Å². The van der Waals surface area contributed by atoms with E-state index in [4.69, 9.17) is 22.8 Å². The third kappa shape index (κ3) is 5.12. The van der Waals surface area contributed by atoms with E-state index in [2.05, 4.69) is 29.9 Å². The van der Waals surface area contributed by atoms with Crippen LogP contribution in [-0.4, -0.2) is 85.5 Å². The third-order valence-corrected chi connectivity index (χ3v) is 8.16. The zero-order valence-electron chi connectivity index (χ0n) is 20.5. The molecule has 4 aromatic heterocycles. The van der Waals surface area contributed by atoms with Crippen LogP contribution in [0.4, 0.5) is 0 Å². The number of nitrogens with zero attached hydrogens (tertiary/aromatic N) is 7. The van der Waals surface area contributed by atoms with Crippen molar-refractivity contribution in [3.05, 3.63) is 40.9 Å². The van der Waals surface area contributed by atoms with Crippen LogP contribution in [0.25, 0.3) is 22.3 Å². The van der Waals surface area contributed by atoms with Gasteiger partial charge in [-0.25, -0.2) is 34.0 Å². The van der Waals surface area contributed by atoms with Gasteiger partial charge in [-0.2, -0.15) is 0 Å². The van der Waals surface area contributed by atoms with Crippen LogP contribution >= 0.6 is 15.6 Å². The van der Waals surface area contributed by atoms with Gasteiger partial charge in [0.2, 0.25) is 0 Å². The molecule has 2 aliphatic heterocycles. The SMILES string of the molecule is Cc1nc2c(ncn2[C@@H]2O[C@@H]3COP(=O)(O)OCCn4c(nc5cncnc54)COP(=O)(O)O[C@@H]2[C@@H]3O)c(=O)[nH]1. The van der Waals surface area contributed by atoms with Crippen molar-refractivity contribution in [3.63, 3.8) is 0 Å². The lowest BCUT2D eigenvalue weighted by Crippen LogP contribution is -2.35. The standard InChI is InChI=1S/C19H22N8O11P2/c1-9-23-17-13(18(29)24-9)22-8-27(17)19-15-14(28)11(37-19)5-35-39(30,31)34-3-2-26-12(6-36-40(32,33)38-15)25-10-4-20-7-21-16(10)26/h4,7-8,11,14-15,19,28H,2-3,5-6H2,1H3,(H,30,31)(H,32,33)(H,23,24,29)/t11-,14-,15-,19-/m1/s1. The highest BCUT2D eigenvalue weighted by atomic mass is 31.2. The molecule has 6 heterocycles. The summed E-state index contributed by atoms with van der Waals surface area (Å²) < 4.78 is 54.8. The number of imidazole rings is 2. The topological polar surface area (TPSA) is 248 Å². The normalized spacial score (nSPS) is 32.1. The van der Waals surface area contributed by atoms with E-state index in [1.54, 1.807) is 0 Å². The molecule has 0 saturated carbocycles. The smallest absolute Gasteiger partial charge is 0.387 e. The molecule has 214 valence electrons. The third-order valence-electron chi connectivity index (χ3n) is 6.21. The fourth-order valence-corrected chi connectivity index (χ4v) is 6.06. The van der Waals surface area contributed by atoms with E-state index in [0.29, 0.717) is 11.2 Å². The lowest BCUT2D eigenvalue weighted by molar-refractivity contribution is -0.0520. The second-order valence-electron chi connectivity index (χ2n) is 8.85. The molecule has 6 rings (SSSR count). The molecule has 4 aromatic rings. The number of fused-ring (bicyclic) bond motifs is 6. The van der Waals surface area contributed by atoms with E-state index in [1.165, 1.54) is 34.9 Å². The predicted molar refractivity (Wildman–Crippen MR) is 129 cm³/mol. The summed E-state index contributed by atoms with van der Waals surface area (Å²) >= 11 is 0. The summed E-state index contributed by atoms with van der Waals surface area (Å²) in [5.41, 5.74) is 0.0580. The molecule has 2 unspecified atom stereocenters. The average molecular weight is 600 g/mol. The summed E-state index contributed by atoms with van der Waals surface area (Å²) in [6, 6.07) is 0. The number of hydrogen-bond acceptors (Lipinski definition) is 14. The molecular formula is C19H22N8O11P2. The Morgan fingerprint density at radius 3 is 2.75 bits per heavy atom. The molecule has 0 aromatic carbocycles. The van der Waals surface area contributed by atoms with Crippen LogP contribution < -0.4 is 5.56 Å². The number of aromatic nitrogens is 8. The zero-order valence-corrected chi connectivity index (χ0v) is 22.3. The van der Waals surface area contributed by atoms with E-state index < -0.39 is 59.0 Å². The molecule has 0 radical (unpaired) electrons. The summed E-state index contributed by atoms with van der Waals surface area (Å²) in [5, 5.41) is 11.0. The molecule has 0 aliphatic carbocycles. The number of aromatic amines is 1. The molecule has 19 nitrogen and oxygen atoms in total. The largest absolute Gasteiger partial charge is 0.473 e. The van der Waals surface area contributed by atoms with Crippen LogP contribution in [0.1, 0.15) is 17.9 Å². The minimum absolute atomic E-state index is 0.0303. The molecule has 40 heavy (non-hydrogen) atoms. The van der Waals surface area contributed by atoms with Crippen molar-refractivity contribution in [3.8, 4) is 0 Å². The van der Waals surface area contributed by atoms with Crippen molar-refractivity contribution >= 4 is 38.0 Å². The summed E-state index contributed by atoms with van der Waals surface area (Å²) in [6.07, 6.45) is -2.19. The van der Waals surface area contributed by atoms with Crippen LogP contribution in [0.2, 0.25) is 0 Å². The number of aliphatic hydroxyl groups excluding tert-OH is 1. The number of hydrogen-bond donors (Lipinski definition) is 4. The van der Waals surface area contributed by atoms with E-state index in [-0.39, 0.29) is 36.0 Å². The molecule has 2 aliphatic rings. The Morgan fingerprint density at radius 1 is 1.10 bits per heavy atom. The molecule has 2 bridgehead atoms. The number of rotatable bonds is 1. The summed E-state index contributed by atoms with van der Waals surface area (Å²) in [5.74, 6) is 0.351. The first kappa shape index (κ1) is 27.2. The van der Waals surface area contributed by atoms with Crippen molar-refractivity contribution in [1.29, 1.82) is 0 Å². The maximum Gasteiger partial charge on any atom is 0.473 e. The van der Waals surface area contributed by atoms with Gasteiger partial charge in [0.15, 0.2) is 23.0 Å². The Morgan fingerprint density at radius 2 is 1.93 bits per heavy atom. The molecule has 21 heteroatoms. The number of phosphoric acid groups is 2. The molecule has 0 spiro atoms. The summed E-state index contributed by atoms with van der Waals surface area (Å²) in [7, 11) is -9.58. The minimum atomic E-state index is -4.93. The second-order valence-corrected chi connectivity index (χ2v) is 11.7. The number of phosphoric ester groups is 2. The van der Waals surface area contributed by atoms with Gasteiger partial charge in [-0.1, -0.05) is 0 Å². The van der Waals surface area contributed by atoms with Gasteiger partial charge in [0.25, 0.3) is 5.56 Å². The first-order valence-electron chi connectivity index (χ1n) is 11.7. The fourth-order valence-electron chi connectivity index (χ4n) is 4.46. The first-order chi connectivity index (χ1) is 19.0. The van der Waals surface area contributed by atoms with E-state index in [0.717, 1.165) is 0 Å². The van der Waals surface area contributed by atoms with Crippen molar-refractivity contribution in [2.75, 3.05) is 13.2 Å². The predicted octanol–water partition coefficient (Wildman–Crippen LogP) is -0.324. The number of aliphatic hydroxyl groups is 1. The number of ether oxygens (including phenoxy) is 1. The maximum absolute atomic E-state index is 13.1. The highest BCUT2D eigenvalue weighted by molar-refractivity contribution is 7.47. The van der Waals surface area contributed by atoms with Crippen LogP contribution in [0.15, 0.2) is 23.6 Å². The number of H-pyrrole nitrogens is 1. The van der Waals surface area contributed by atoms with Crippen molar-refractivity contribution in [2.45, 2.75) is 44.6 Å².